The molecule has 0 fully saturated rings. The monoisotopic (exact) mass is 380 g/mol. The summed E-state index contributed by atoms with van der Waals surface area (Å²) in [5, 5.41) is 14.3. The Hall–Kier alpha value is -3.75. The number of fused-ring (bicyclic) bond motifs is 3. The van der Waals surface area contributed by atoms with Gasteiger partial charge in [0.1, 0.15) is 0 Å². The minimum absolute atomic E-state index is 0.0871. The summed E-state index contributed by atoms with van der Waals surface area (Å²) in [5.41, 5.74) is 1.31. The number of para-hydroxylation sites is 3. The number of nitrogens with zero attached hydrogens (tertiary/aromatic N) is 3. The minimum atomic E-state index is -1.29. The number of ether oxygens (including phenoxy) is 1. The Morgan fingerprint density at radius 2 is 1.96 bits per heavy atom. The fourth-order valence-corrected chi connectivity index (χ4v) is 3.59. The third kappa shape index (κ3) is 2.68. The molecule has 1 N–H and O–H groups in total. The number of amides is 1. The van der Waals surface area contributed by atoms with E-state index < -0.39 is 28.8 Å². The van der Waals surface area contributed by atoms with E-state index in [-0.39, 0.29) is 23.8 Å². The van der Waals surface area contributed by atoms with Crippen molar-refractivity contribution in [3.63, 3.8) is 0 Å². The fraction of sp³-hybridized carbons (Fsp3) is 0.211. The van der Waals surface area contributed by atoms with Gasteiger partial charge in [-0.3, -0.25) is 25.0 Å². The number of aromatic nitrogens is 2. The summed E-state index contributed by atoms with van der Waals surface area (Å²) in [5.74, 6) is -2.41. The van der Waals surface area contributed by atoms with Crippen LogP contribution in [-0.2, 0) is 14.3 Å². The van der Waals surface area contributed by atoms with Crippen molar-refractivity contribution in [1.82, 2.24) is 9.55 Å². The molecule has 0 aliphatic carbocycles. The number of imidazole rings is 1. The molecule has 1 aliphatic heterocycles. The molecule has 0 radical (unpaired) electrons. The number of benzene rings is 2. The third-order valence-corrected chi connectivity index (χ3v) is 4.70. The van der Waals surface area contributed by atoms with Gasteiger partial charge >= 0.3 is 5.97 Å². The van der Waals surface area contributed by atoms with Gasteiger partial charge in [-0.1, -0.05) is 30.3 Å². The number of nitrogens with one attached hydrogen (secondary N) is 1. The van der Waals surface area contributed by atoms with Gasteiger partial charge in [0.25, 0.3) is 5.69 Å². The smallest absolute Gasteiger partial charge is 0.321 e. The number of nitro benzene ring substituents is 1. The topological polar surface area (TPSA) is 116 Å². The highest BCUT2D eigenvalue weighted by Gasteiger charge is 2.46. The van der Waals surface area contributed by atoms with Gasteiger partial charge in [-0.2, -0.15) is 0 Å². The molecule has 1 amide bonds. The van der Waals surface area contributed by atoms with E-state index in [0.717, 1.165) is 0 Å². The number of hydrogen-bond acceptors (Lipinski definition) is 6. The van der Waals surface area contributed by atoms with Gasteiger partial charge in [-0.05, 0) is 19.1 Å². The van der Waals surface area contributed by atoms with Gasteiger partial charge in [0.2, 0.25) is 11.9 Å². The van der Waals surface area contributed by atoms with Gasteiger partial charge in [0, 0.05) is 6.07 Å². The summed E-state index contributed by atoms with van der Waals surface area (Å²) in [6.45, 7) is 1.72. The summed E-state index contributed by atoms with van der Waals surface area (Å²) < 4.78 is 6.76. The van der Waals surface area contributed by atoms with Crippen LogP contribution in [0.2, 0.25) is 0 Å². The lowest BCUT2D eigenvalue weighted by atomic mass is 9.89. The number of rotatable bonds is 4. The Balaban J connectivity index is 2.02. The maximum atomic E-state index is 12.8. The molecule has 0 unspecified atom stereocenters. The van der Waals surface area contributed by atoms with Crippen LogP contribution in [0.3, 0.4) is 0 Å². The van der Waals surface area contributed by atoms with E-state index in [1.807, 2.05) is 0 Å². The van der Waals surface area contributed by atoms with Gasteiger partial charge in [-0.25, -0.2) is 4.98 Å². The largest absolute Gasteiger partial charge is 0.465 e. The van der Waals surface area contributed by atoms with Crippen LogP contribution in [0.5, 0.6) is 0 Å². The van der Waals surface area contributed by atoms with Crippen LogP contribution in [-0.4, -0.2) is 33.0 Å². The molecular formula is C19H16N4O5. The Kier molecular flexibility index (Phi) is 4.26. The maximum absolute atomic E-state index is 12.8. The fourth-order valence-electron chi connectivity index (χ4n) is 3.59. The van der Waals surface area contributed by atoms with Crippen LogP contribution in [0, 0.1) is 16.0 Å². The SMILES string of the molecule is CCOC(=O)[C@H]1C(=O)Nc2nc3ccccc3n2[C@@H]1c1ccccc1[N+](=O)[O-]. The first kappa shape index (κ1) is 17.7. The summed E-state index contributed by atoms with van der Waals surface area (Å²) in [6, 6.07) is 12.3. The average Bonchev–Trinajstić information content (AvgIpc) is 3.04. The lowest BCUT2D eigenvalue weighted by molar-refractivity contribution is -0.385. The van der Waals surface area contributed by atoms with Gasteiger partial charge in [0.15, 0.2) is 5.92 Å². The molecular weight excluding hydrogens is 364 g/mol. The molecule has 4 rings (SSSR count). The van der Waals surface area contributed by atoms with Gasteiger partial charge < -0.3 is 9.30 Å². The molecule has 9 nitrogen and oxygen atoms in total. The zero-order valence-corrected chi connectivity index (χ0v) is 14.9. The number of carbonyl (C=O) groups is 2. The van der Waals surface area contributed by atoms with E-state index in [9.17, 15) is 19.7 Å². The lowest BCUT2D eigenvalue weighted by Gasteiger charge is -2.31. The van der Waals surface area contributed by atoms with E-state index in [1.54, 1.807) is 47.9 Å². The van der Waals surface area contributed by atoms with E-state index >= 15 is 0 Å². The van der Waals surface area contributed by atoms with E-state index in [1.165, 1.54) is 12.1 Å². The van der Waals surface area contributed by atoms with Crippen LogP contribution < -0.4 is 5.32 Å². The number of nitro groups is 1. The molecule has 2 atom stereocenters. The number of esters is 1. The number of carbonyl (C=O) groups excluding carboxylic acids is 2. The zero-order chi connectivity index (χ0) is 19.8. The molecule has 1 aromatic heterocycles. The number of anilines is 1. The highest BCUT2D eigenvalue weighted by molar-refractivity contribution is 6.07. The maximum Gasteiger partial charge on any atom is 0.321 e. The van der Waals surface area contributed by atoms with E-state index in [2.05, 4.69) is 10.3 Å². The highest BCUT2D eigenvalue weighted by atomic mass is 16.6. The van der Waals surface area contributed by atoms with Crippen molar-refractivity contribution in [3.05, 3.63) is 64.2 Å². The molecule has 0 saturated heterocycles. The molecule has 9 heteroatoms. The molecule has 2 aromatic carbocycles. The van der Waals surface area contributed by atoms with E-state index in [4.69, 9.17) is 4.74 Å². The van der Waals surface area contributed by atoms with Crippen molar-refractivity contribution in [2.75, 3.05) is 11.9 Å². The summed E-state index contributed by atoms with van der Waals surface area (Å²) in [7, 11) is 0. The molecule has 0 spiro atoms. The molecule has 0 saturated carbocycles. The number of hydrogen-bond donors (Lipinski definition) is 1. The third-order valence-electron chi connectivity index (χ3n) is 4.70. The quantitative estimate of drug-likeness (QED) is 0.322. The van der Waals surface area contributed by atoms with Crippen LogP contribution in [0.1, 0.15) is 18.5 Å². The average molecular weight is 380 g/mol. The second-order valence-electron chi connectivity index (χ2n) is 6.27. The van der Waals surface area contributed by atoms with Crippen molar-refractivity contribution in [1.29, 1.82) is 0 Å². The van der Waals surface area contributed by atoms with Gasteiger partial charge in [0.05, 0.1) is 34.2 Å². The van der Waals surface area contributed by atoms with Crippen molar-refractivity contribution >= 4 is 34.5 Å². The lowest BCUT2D eigenvalue weighted by Crippen LogP contribution is -2.43. The van der Waals surface area contributed by atoms with Crippen LogP contribution in [0.25, 0.3) is 11.0 Å². The van der Waals surface area contributed by atoms with E-state index in [0.29, 0.717) is 11.0 Å². The molecule has 1 aliphatic rings. The molecule has 3 aromatic rings. The molecule has 2 heterocycles. The minimum Gasteiger partial charge on any atom is -0.465 e. The second-order valence-corrected chi connectivity index (χ2v) is 6.27. The molecule has 28 heavy (non-hydrogen) atoms. The Morgan fingerprint density at radius 3 is 2.71 bits per heavy atom. The highest BCUT2D eigenvalue weighted by Crippen LogP contribution is 2.41. The second kappa shape index (κ2) is 6.76. The Bertz CT molecular complexity index is 1110. The summed E-state index contributed by atoms with van der Waals surface area (Å²) in [6.07, 6.45) is 0. The first-order valence-electron chi connectivity index (χ1n) is 8.70. The first-order valence-corrected chi connectivity index (χ1v) is 8.70. The van der Waals surface area contributed by atoms with Crippen molar-refractivity contribution in [2.24, 2.45) is 5.92 Å². The normalized spacial score (nSPS) is 18.4. The Labute approximate surface area is 159 Å². The summed E-state index contributed by atoms with van der Waals surface area (Å²) in [4.78, 5) is 40.9. The van der Waals surface area contributed by atoms with Crippen LogP contribution in [0.4, 0.5) is 11.6 Å². The first-order chi connectivity index (χ1) is 13.5. The van der Waals surface area contributed by atoms with Crippen molar-refractivity contribution < 1.29 is 19.2 Å². The Morgan fingerprint density at radius 1 is 1.25 bits per heavy atom. The molecule has 0 bridgehead atoms. The summed E-state index contributed by atoms with van der Waals surface area (Å²) >= 11 is 0. The van der Waals surface area contributed by atoms with Crippen LogP contribution >= 0.6 is 0 Å². The predicted octanol–water partition coefficient (Wildman–Crippen LogP) is 2.67. The van der Waals surface area contributed by atoms with Crippen molar-refractivity contribution in [3.8, 4) is 0 Å². The predicted molar refractivity (Wildman–Crippen MR) is 99.7 cm³/mol. The zero-order valence-electron chi connectivity index (χ0n) is 14.9. The van der Waals surface area contributed by atoms with Gasteiger partial charge in [-0.15, -0.1) is 0 Å². The molecule has 142 valence electrons. The standard InChI is InChI=1S/C19H16N4O5/c1-2-28-18(25)15-16(11-7-3-5-9-13(11)23(26)27)22-14-10-6-4-8-12(14)20-19(22)21-17(15)24/h3-10,15-16H,2H2,1H3,(H,20,21,24)/t15-,16-/m1/s1. The van der Waals surface area contributed by atoms with Crippen molar-refractivity contribution in [2.45, 2.75) is 13.0 Å². The van der Waals surface area contributed by atoms with Crippen LogP contribution in [0.15, 0.2) is 48.5 Å².